The Kier molecular flexibility index (Phi) is 5.95. The molecule has 0 aliphatic heterocycles. The van der Waals surface area contributed by atoms with E-state index in [-0.39, 0.29) is 5.41 Å². The van der Waals surface area contributed by atoms with Crippen molar-refractivity contribution in [1.82, 2.24) is 4.98 Å². The van der Waals surface area contributed by atoms with Crippen molar-refractivity contribution in [3.8, 4) is 0 Å². The van der Waals surface area contributed by atoms with E-state index in [1.807, 2.05) is 6.20 Å². The Bertz CT molecular complexity index is 318. The van der Waals surface area contributed by atoms with Crippen LogP contribution in [0.15, 0.2) is 22.8 Å². The van der Waals surface area contributed by atoms with E-state index < -0.39 is 0 Å². The Labute approximate surface area is 123 Å². The summed E-state index contributed by atoms with van der Waals surface area (Å²) >= 11 is 10.7. The molecule has 0 saturated carbocycles. The van der Waals surface area contributed by atoms with Crippen LogP contribution in [0, 0.1) is 11.3 Å². The summed E-state index contributed by atoms with van der Waals surface area (Å²) in [5.41, 5.74) is 1.39. The second-order valence-electron chi connectivity index (χ2n) is 4.43. The van der Waals surface area contributed by atoms with Crippen molar-refractivity contribution < 1.29 is 0 Å². The topological polar surface area (TPSA) is 12.9 Å². The predicted molar refractivity (Wildman–Crippen MR) is 80.5 cm³/mol. The summed E-state index contributed by atoms with van der Waals surface area (Å²) < 4.78 is 1.03. The zero-order valence-electron chi connectivity index (χ0n) is 9.51. The van der Waals surface area contributed by atoms with Gasteiger partial charge in [0.15, 0.2) is 0 Å². The van der Waals surface area contributed by atoms with Crippen LogP contribution < -0.4 is 0 Å². The Balaban J connectivity index is 2.87. The zero-order valence-corrected chi connectivity index (χ0v) is 14.3. The van der Waals surface area contributed by atoms with Gasteiger partial charge >= 0.3 is 0 Å². The maximum absolute atomic E-state index is 4.45. The third kappa shape index (κ3) is 3.54. The van der Waals surface area contributed by atoms with Crippen LogP contribution in [0.5, 0.6) is 0 Å². The molecule has 16 heavy (non-hydrogen) atoms. The van der Waals surface area contributed by atoms with Gasteiger partial charge in [-0.3, -0.25) is 4.98 Å². The molecule has 1 rings (SSSR count). The van der Waals surface area contributed by atoms with Crippen LogP contribution in [0.4, 0.5) is 0 Å². The van der Waals surface area contributed by atoms with Gasteiger partial charge in [-0.1, -0.05) is 45.7 Å². The molecule has 0 spiro atoms. The Morgan fingerprint density at radius 3 is 2.25 bits per heavy atom. The van der Waals surface area contributed by atoms with Gasteiger partial charge in [-0.05, 0) is 45.8 Å². The molecule has 0 N–H and O–H groups in total. The molecule has 0 bridgehead atoms. The lowest BCUT2D eigenvalue weighted by molar-refractivity contribution is 0.265. The molecule has 1 heterocycles. The molecule has 0 atom stereocenters. The van der Waals surface area contributed by atoms with Crippen molar-refractivity contribution in [2.24, 2.45) is 11.3 Å². The van der Waals surface area contributed by atoms with Crippen LogP contribution in [0.2, 0.25) is 0 Å². The van der Waals surface area contributed by atoms with Gasteiger partial charge in [0, 0.05) is 27.0 Å². The zero-order chi connectivity index (χ0) is 12.2. The SMILES string of the molecule is CC(C)C(CBr)(CBr)Cc1ccc(Br)cn1. The van der Waals surface area contributed by atoms with Gasteiger partial charge in [0.2, 0.25) is 0 Å². The normalized spacial score (nSPS) is 12.1. The molecule has 0 amide bonds. The first kappa shape index (κ1) is 14.7. The van der Waals surface area contributed by atoms with Crippen molar-refractivity contribution in [3.63, 3.8) is 0 Å². The van der Waals surface area contributed by atoms with Crippen molar-refractivity contribution in [2.75, 3.05) is 10.7 Å². The number of hydrogen-bond donors (Lipinski definition) is 0. The first-order chi connectivity index (χ1) is 7.54. The molecule has 0 aliphatic carbocycles. The van der Waals surface area contributed by atoms with Crippen LogP contribution in [0.3, 0.4) is 0 Å². The minimum absolute atomic E-state index is 0.237. The van der Waals surface area contributed by atoms with Gasteiger partial charge in [-0.2, -0.15) is 0 Å². The highest BCUT2D eigenvalue weighted by Crippen LogP contribution is 2.35. The quantitative estimate of drug-likeness (QED) is 0.631. The molecule has 4 heteroatoms. The van der Waals surface area contributed by atoms with E-state index in [0.717, 1.165) is 27.2 Å². The molecule has 90 valence electrons. The van der Waals surface area contributed by atoms with Gasteiger partial charge in [0.25, 0.3) is 0 Å². The summed E-state index contributed by atoms with van der Waals surface area (Å²) in [5.74, 6) is 0.608. The number of alkyl halides is 2. The maximum atomic E-state index is 4.45. The van der Waals surface area contributed by atoms with Crippen molar-refractivity contribution in [3.05, 3.63) is 28.5 Å². The lowest BCUT2D eigenvalue weighted by Gasteiger charge is -2.34. The molecule has 0 saturated heterocycles. The Morgan fingerprint density at radius 2 is 1.88 bits per heavy atom. The summed E-state index contributed by atoms with van der Waals surface area (Å²) in [6.45, 7) is 4.53. The van der Waals surface area contributed by atoms with Crippen LogP contribution in [0.1, 0.15) is 19.5 Å². The average molecular weight is 414 g/mol. The van der Waals surface area contributed by atoms with Crippen molar-refractivity contribution in [1.29, 1.82) is 0 Å². The van der Waals surface area contributed by atoms with Gasteiger partial charge in [0.1, 0.15) is 0 Å². The maximum Gasteiger partial charge on any atom is 0.0413 e. The third-order valence-corrected chi connectivity index (χ3v) is 5.78. The minimum atomic E-state index is 0.237. The van der Waals surface area contributed by atoms with Gasteiger partial charge < -0.3 is 0 Å². The molecular formula is C12H16Br3N. The lowest BCUT2D eigenvalue weighted by atomic mass is 9.77. The van der Waals surface area contributed by atoms with Crippen molar-refractivity contribution >= 4 is 47.8 Å². The highest BCUT2D eigenvalue weighted by atomic mass is 79.9. The lowest BCUT2D eigenvalue weighted by Crippen LogP contribution is -2.33. The van der Waals surface area contributed by atoms with Crippen LogP contribution >= 0.6 is 47.8 Å². The summed E-state index contributed by atoms with van der Waals surface area (Å²) in [4.78, 5) is 4.45. The van der Waals surface area contributed by atoms with E-state index in [9.17, 15) is 0 Å². The first-order valence-electron chi connectivity index (χ1n) is 5.26. The van der Waals surface area contributed by atoms with E-state index in [0.29, 0.717) is 5.92 Å². The minimum Gasteiger partial charge on any atom is -0.260 e. The molecule has 0 unspecified atom stereocenters. The highest BCUT2D eigenvalue weighted by Gasteiger charge is 2.32. The summed E-state index contributed by atoms with van der Waals surface area (Å²) in [5, 5.41) is 1.97. The van der Waals surface area contributed by atoms with Gasteiger partial charge in [-0.15, -0.1) is 0 Å². The smallest absolute Gasteiger partial charge is 0.0413 e. The Morgan fingerprint density at radius 1 is 1.25 bits per heavy atom. The number of halogens is 3. The first-order valence-corrected chi connectivity index (χ1v) is 8.30. The van der Waals surface area contributed by atoms with Crippen LogP contribution in [-0.2, 0) is 6.42 Å². The van der Waals surface area contributed by atoms with E-state index in [1.54, 1.807) is 0 Å². The monoisotopic (exact) mass is 411 g/mol. The van der Waals surface area contributed by atoms with E-state index in [2.05, 4.69) is 78.8 Å². The number of nitrogens with zero attached hydrogens (tertiary/aromatic N) is 1. The second kappa shape index (κ2) is 6.50. The fourth-order valence-electron chi connectivity index (χ4n) is 1.51. The predicted octanol–water partition coefficient (Wildman–Crippen LogP) is 4.82. The number of aromatic nitrogens is 1. The summed E-state index contributed by atoms with van der Waals surface area (Å²) in [7, 11) is 0. The standard InChI is InChI=1S/C12H16Br3N/c1-9(2)12(7-13,8-14)5-11-4-3-10(15)6-16-11/h3-4,6,9H,5,7-8H2,1-2H3. The van der Waals surface area contributed by atoms with Crippen molar-refractivity contribution in [2.45, 2.75) is 20.3 Å². The van der Waals surface area contributed by atoms with Gasteiger partial charge in [0.05, 0.1) is 0 Å². The molecule has 1 nitrogen and oxygen atoms in total. The number of pyridine rings is 1. The highest BCUT2D eigenvalue weighted by molar-refractivity contribution is 9.10. The molecule has 1 aromatic heterocycles. The van der Waals surface area contributed by atoms with E-state index in [4.69, 9.17) is 0 Å². The molecule has 0 fully saturated rings. The molecule has 0 aromatic carbocycles. The molecular weight excluding hydrogens is 398 g/mol. The van der Waals surface area contributed by atoms with E-state index in [1.165, 1.54) is 0 Å². The fourth-order valence-corrected chi connectivity index (χ4v) is 4.37. The second-order valence-corrected chi connectivity index (χ2v) is 6.47. The van der Waals surface area contributed by atoms with Crippen LogP contribution in [-0.4, -0.2) is 15.6 Å². The number of rotatable bonds is 5. The summed E-state index contributed by atoms with van der Waals surface area (Å²) in [6.07, 6.45) is 2.86. The largest absolute Gasteiger partial charge is 0.260 e. The van der Waals surface area contributed by atoms with E-state index >= 15 is 0 Å². The fraction of sp³-hybridized carbons (Fsp3) is 0.583. The third-order valence-electron chi connectivity index (χ3n) is 3.08. The van der Waals surface area contributed by atoms with Crippen LogP contribution in [0.25, 0.3) is 0 Å². The molecule has 0 aliphatic rings. The molecule has 0 radical (unpaired) electrons. The summed E-state index contributed by atoms with van der Waals surface area (Å²) in [6, 6.07) is 4.14. The average Bonchev–Trinajstić information content (AvgIpc) is 2.28. The Hall–Kier alpha value is 0.590. The number of hydrogen-bond acceptors (Lipinski definition) is 1. The van der Waals surface area contributed by atoms with Gasteiger partial charge in [-0.25, -0.2) is 0 Å². The molecule has 1 aromatic rings.